The SMILES string of the molecule is C=c1/c(=C\C(C)=C(/C)C(C)C)op(Oc2c3ccccc3cc3ccccc23)oc2c(OC)cc(C)cc12. The van der Waals surface area contributed by atoms with E-state index in [1.165, 1.54) is 5.57 Å². The van der Waals surface area contributed by atoms with Gasteiger partial charge in [-0.25, -0.2) is 0 Å². The maximum atomic E-state index is 6.68. The third-order valence-electron chi connectivity index (χ3n) is 7.10. The Morgan fingerprint density at radius 1 is 0.895 bits per heavy atom. The average Bonchev–Trinajstić information content (AvgIpc) is 3.03. The number of rotatable bonds is 5. The van der Waals surface area contributed by atoms with Crippen molar-refractivity contribution in [1.29, 1.82) is 0 Å². The van der Waals surface area contributed by atoms with E-state index < -0.39 is 8.24 Å². The largest absolute Gasteiger partial charge is 0.493 e. The van der Waals surface area contributed by atoms with Crippen LogP contribution in [0.15, 0.2) is 86.3 Å². The van der Waals surface area contributed by atoms with Crippen molar-refractivity contribution in [1.82, 2.24) is 0 Å². The summed E-state index contributed by atoms with van der Waals surface area (Å²) in [6.07, 6.45) is 2.05. The molecule has 1 heterocycles. The van der Waals surface area contributed by atoms with Crippen LogP contribution in [-0.4, -0.2) is 7.11 Å². The lowest BCUT2D eigenvalue weighted by Gasteiger charge is -2.11. The molecule has 5 rings (SSSR count). The number of benzene rings is 4. The molecule has 0 spiro atoms. The first-order valence-electron chi connectivity index (χ1n) is 12.8. The van der Waals surface area contributed by atoms with Crippen LogP contribution in [-0.2, 0) is 0 Å². The Morgan fingerprint density at radius 2 is 1.53 bits per heavy atom. The third kappa shape index (κ3) is 4.85. The molecule has 0 saturated heterocycles. The van der Waals surface area contributed by atoms with Crippen molar-refractivity contribution < 1.29 is 17.7 Å². The fraction of sp³-hybridized carbons (Fsp3) is 0.212. The van der Waals surface area contributed by atoms with Gasteiger partial charge >= 0.3 is 8.24 Å². The van der Waals surface area contributed by atoms with Crippen LogP contribution in [0, 0.1) is 12.8 Å². The molecular formula is C33H33O4P. The van der Waals surface area contributed by atoms with Crippen molar-refractivity contribution in [2.75, 3.05) is 7.11 Å². The topological polar surface area (TPSA) is 44.7 Å². The molecule has 5 aromatic rings. The lowest BCUT2D eigenvalue weighted by atomic mass is 9.99. The molecule has 5 heteroatoms. The molecule has 0 aliphatic rings. The van der Waals surface area contributed by atoms with Crippen molar-refractivity contribution in [3.8, 4) is 11.5 Å². The first-order chi connectivity index (χ1) is 18.3. The summed E-state index contributed by atoms with van der Waals surface area (Å²) in [6, 6.07) is 22.6. The molecule has 0 bridgehead atoms. The Balaban J connectivity index is 1.88. The van der Waals surface area contributed by atoms with E-state index in [0.717, 1.165) is 49.0 Å². The van der Waals surface area contributed by atoms with E-state index in [2.05, 4.69) is 70.7 Å². The fourth-order valence-corrected chi connectivity index (χ4v) is 5.75. The Kier molecular flexibility index (Phi) is 7.10. The van der Waals surface area contributed by atoms with Gasteiger partial charge in [-0.3, -0.25) is 0 Å². The van der Waals surface area contributed by atoms with Crippen LogP contribution >= 0.6 is 8.24 Å². The number of ether oxygens (including phenoxy) is 1. The summed E-state index contributed by atoms with van der Waals surface area (Å²) in [5.41, 5.74) is 4.66. The van der Waals surface area contributed by atoms with Gasteiger partial charge in [0.2, 0.25) is 0 Å². The highest BCUT2D eigenvalue weighted by molar-refractivity contribution is 7.32. The predicted molar refractivity (Wildman–Crippen MR) is 160 cm³/mol. The van der Waals surface area contributed by atoms with E-state index in [0.29, 0.717) is 22.7 Å². The molecule has 0 N–H and O–H groups in total. The quantitative estimate of drug-likeness (QED) is 0.216. The van der Waals surface area contributed by atoms with Crippen LogP contribution in [0.1, 0.15) is 33.3 Å². The predicted octanol–water partition coefficient (Wildman–Crippen LogP) is 8.79. The van der Waals surface area contributed by atoms with Crippen LogP contribution in [0.5, 0.6) is 11.5 Å². The van der Waals surface area contributed by atoms with Gasteiger partial charge in [0.15, 0.2) is 17.1 Å². The number of methoxy groups -OCH3 is 1. The van der Waals surface area contributed by atoms with Crippen molar-refractivity contribution >= 4 is 53.4 Å². The van der Waals surface area contributed by atoms with E-state index in [1.807, 2.05) is 43.3 Å². The second-order valence-electron chi connectivity index (χ2n) is 10.00. The maximum absolute atomic E-state index is 6.68. The minimum absolute atomic E-state index is 0.413. The van der Waals surface area contributed by atoms with Gasteiger partial charge in [0, 0.05) is 21.4 Å². The lowest BCUT2D eigenvalue weighted by Crippen LogP contribution is -2.21. The van der Waals surface area contributed by atoms with Crippen LogP contribution in [0.4, 0.5) is 0 Å². The van der Waals surface area contributed by atoms with Gasteiger partial charge in [-0.2, -0.15) is 0 Å². The van der Waals surface area contributed by atoms with Crippen LogP contribution < -0.4 is 19.9 Å². The molecule has 0 amide bonds. The van der Waals surface area contributed by atoms with E-state index in [-0.39, 0.29) is 0 Å². The number of aryl methyl sites for hydroxylation is 1. The third-order valence-corrected chi connectivity index (χ3v) is 8.11. The highest BCUT2D eigenvalue weighted by Crippen LogP contribution is 2.41. The molecular weight excluding hydrogens is 491 g/mol. The van der Waals surface area contributed by atoms with Gasteiger partial charge < -0.3 is 17.7 Å². The van der Waals surface area contributed by atoms with Gasteiger partial charge in [-0.15, -0.1) is 0 Å². The Bertz CT molecular complexity index is 1810. The number of fused-ring (bicyclic) bond motifs is 3. The Morgan fingerprint density at radius 3 is 2.13 bits per heavy atom. The Hall–Kier alpha value is -3.88. The minimum atomic E-state index is -1.90. The monoisotopic (exact) mass is 524 g/mol. The molecule has 38 heavy (non-hydrogen) atoms. The smallest absolute Gasteiger partial charge is 0.453 e. The van der Waals surface area contributed by atoms with Crippen LogP contribution in [0.25, 0.3) is 45.2 Å². The summed E-state index contributed by atoms with van der Waals surface area (Å²) in [6.45, 7) is 15.1. The van der Waals surface area contributed by atoms with Crippen molar-refractivity contribution in [3.05, 3.63) is 94.1 Å². The zero-order valence-corrected chi connectivity index (χ0v) is 23.7. The van der Waals surface area contributed by atoms with Gasteiger partial charge in [0.1, 0.15) is 5.42 Å². The standard InChI is InChI=1S/C33H33O4P/c1-20(2)23(5)22(4)18-30-24(6)29-16-21(3)17-31(34-7)33(29)37-38(35-30)36-32-27-14-10-8-12-25(27)19-26-13-9-11-15-28(26)32/h8-20H,6H2,1-5,7H3/b23-22+,30-18+. The molecule has 0 aliphatic heterocycles. The molecule has 0 fully saturated rings. The fourth-order valence-electron chi connectivity index (χ4n) is 4.63. The number of hydrogen-bond donors (Lipinski definition) is 0. The van der Waals surface area contributed by atoms with Crippen molar-refractivity contribution in [3.63, 3.8) is 0 Å². The van der Waals surface area contributed by atoms with Crippen LogP contribution in [0.3, 0.4) is 0 Å². The molecule has 0 radical (unpaired) electrons. The lowest BCUT2D eigenvalue weighted by molar-refractivity contribution is 0.409. The maximum Gasteiger partial charge on any atom is 0.453 e. The highest BCUT2D eigenvalue weighted by atomic mass is 31.1. The summed E-state index contributed by atoms with van der Waals surface area (Å²) in [5.74, 6) is 1.77. The summed E-state index contributed by atoms with van der Waals surface area (Å²) in [5, 5.41) is 5.74. The molecule has 1 aromatic heterocycles. The molecule has 4 nitrogen and oxygen atoms in total. The first-order valence-corrected chi connectivity index (χ1v) is 13.9. The molecule has 1 unspecified atom stereocenters. The van der Waals surface area contributed by atoms with Gasteiger partial charge in [-0.1, -0.05) is 74.5 Å². The van der Waals surface area contributed by atoms with E-state index >= 15 is 0 Å². The van der Waals surface area contributed by atoms with Gasteiger partial charge in [0.25, 0.3) is 0 Å². The molecule has 0 aliphatic carbocycles. The summed E-state index contributed by atoms with van der Waals surface area (Å²) in [7, 11) is -0.259. The summed E-state index contributed by atoms with van der Waals surface area (Å²) in [4.78, 5) is 0. The first kappa shape index (κ1) is 25.8. The second kappa shape index (κ2) is 10.5. The normalized spacial score (nSPS) is 13.3. The van der Waals surface area contributed by atoms with Crippen LogP contribution in [0.2, 0.25) is 0 Å². The average molecular weight is 525 g/mol. The highest BCUT2D eigenvalue weighted by Gasteiger charge is 2.15. The van der Waals surface area contributed by atoms with Crippen molar-refractivity contribution in [2.45, 2.75) is 34.6 Å². The van der Waals surface area contributed by atoms with Gasteiger partial charge in [-0.05, 0) is 72.9 Å². The van der Waals surface area contributed by atoms with Crippen molar-refractivity contribution in [2.24, 2.45) is 5.92 Å². The van der Waals surface area contributed by atoms with E-state index in [4.69, 9.17) is 17.7 Å². The van der Waals surface area contributed by atoms with E-state index in [9.17, 15) is 0 Å². The number of allylic oxidation sites excluding steroid dienone is 2. The summed E-state index contributed by atoms with van der Waals surface area (Å²) < 4.78 is 25.5. The van der Waals surface area contributed by atoms with E-state index in [1.54, 1.807) is 7.11 Å². The molecule has 0 saturated carbocycles. The zero-order chi connectivity index (χ0) is 27.0. The molecule has 1 atom stereocenters. The summed E-state index contributed by atoms with van der Waals surface area (Å²) >= 11 is 0. The second-order valence-corrected chi connectivity index (χ2v) is 11.0. The Labute approximate surface area is 224 Å². The molecule has 4 aromatic carbocycles. The minimum Gasteiger partial charge on any atom is -0.493 e. The zero-order valence-electron chi connectivity index (χ0n) is 22.8. The van der Waals surface area contributed by atoms with Gasteiger partial charge in [0.05, 0.1) is 7.11 Å². The number of hydrogen-bond acceptors (Lipinski definition) is 4. The molecule has 194 valence electrons.